The SMILES string of the molecule is CC(C)C[C@@H](NC(=O)CCc1ncc(C(C)(C)C)o1)C(=O)O. The van der Waals surface area contributed by atoms with Crippen LogP contribution in [0.5, 0.6) is 0 Å². The van der Waals surface area contributed by atoms with Crippen molar-refractivity contribution in [1.82, 2.24) is 10.3 Å². The smallest absolute Gasteiger partial charge is 0.326 e. The Bertz CT molecular complexity index is 514. The lowest BCUT2D eigenvalue weighted by Gasteiger charge is -2.16. The number of hydrogen-bond acceptors (Lipinski definition) is 4. The number of amides is 1. The van der Waals surface area contributed by atoms with Crippen LogP contribution in [0.4, 0.5) is 0 Å². The average molecular weight is 310 g/mol. The molecule has 6 nitrogen and oxygen atoms in total. The monoisotopic (exact) mass is 310 g/mol. The molecule has 0 bridgehead atoms. The van der Waals surface area contributed by atoms with Gasteiger partial charge in [0.05, 0.1) is 6.20 Å². The number of carboxylic acids is 1. The Morgan fingerprint density at radius 2 is 2.00 bits per heavy atom. The van der Waals surface area contributed by atoms with Crippen molar-refractivity contribution in [3.8, 4) is 0 Å². The number of nitrogens with zero attached hydrogens (tertiary/aromatic N) is 1. The fraction of sp³-hybridized carbons (Fsp3) is 0.688. The minimum Gasteiger partial charge on any atom is -0.480 e. The molecular formula is C16H26N2O4. The average Bonchev–Trinajstić information content (AvgIpc) is 2.83. The predicted molar refractivity (Wildman–Crippen MR) is 82.5 cm³/mol. The van der Waals surface area contributed by atoms with Gasteiger partial charge >= 0.3 is 5.97 Å². The Balaban J connectivity index is 2.51. The Labute approximate surface area is 131 Å². The van der Waals surface area contributed by atoms with E-state index in [4.69, 9.17) is 9.52 Å². The number of rotatable bonds is 7. The lowest BCUT2D eigenvalue weighted by molar-refractivity contribution is -0.142. The van der Waals surface area contributed by atoms with Gasteiger partial charge in [-0.1, -0.05) is 34.6 Å². The zero-order valence-corrected chi connectivity index (χ0v) is 14.0. The summed E-state index contributed by atoms with van der Waals surface area (Å²) in [5.74, 6) is 0.154. The number of hydrogen-bond donors (Lipinski definition) is 2. The quantitative estimate of drug-likeness (QED) is 0.807. The van der Waals surface area contributed by atoms with Crippen molar-refractivity contribution in [2.24, 2.45) is 5.92 Å². The number of aryl methyl sites for hydroxylation is 1. The summed E-state index contributed by atoms with van der Waals surface area (Å²) in [6.07, 6.45) is 2.60. The lowest BCUT2D eigenvalue weighted by atomic mass is 9.94. The van der Waals surface area contributed by atoms with Gasteiger partial charge in [0.2, 0.25) is 5.91 Å². The number of carbonyl (C=O) groups is 2. The molecule has 0 unspecified atom stereocenters. The van der Waals surface area contributed by atoms with E-state index in [1.54, 1.807) is 6.20 Å². The number of aliphatic carboxylic acids is 1. The van der Waals surface area contributed by atoms with Crippen molar-refractivity contribution in [2.45, 2.75) is 65.3 Å². The third kappa shape index (κ3) is 5.87. The van der Waals surface area contributed by atoms with Crippen LogP contribution in [0.2, 0.25) is 0 Å². The van der Waals surface area contributed by atoms with Crippen molar-refractivity contribution >= 4 is 11.9 Å². The molecule has 0 radical (unpaired) electrons. The molecule has 0 aliphatic carbocycles. The lowest BCUT2D eigenvalue weighted by Crippen LogP contribution is -2.41. The molecule has 1 atom stereocenters. The molecule has 0 aliphatic rings. The molecule has 1 heterocycles. The van der Waals surface area contributed by atoms with Crippen molar-refractivity contribution in [3.05, 3.63) is 17.8 Å². The van der Waals surface area contributed by atoms with Crippen molar-refractivity contribution < 1.29 is 19.1 Å². The fourth-order valence-corrected chi connectivity index (χ4v) is 1.95. The summed E-state index contributed by atoms with van der Waals surface area (Å²) < 4.78 is 5.61. The zero-order valence-electron chi connectivity index (χ0n) is 14.0. The number of aromatic nitrogens is 1. The fourth-order valence-electron chi connectivity index (χ4n) is 1.95. The van der Waals surface area contributed by atoms with E-state index in [1.165, 1.54) is 0 Å². The van der Waals surface area contributed by atoms with Gasteiger partial charge in [-0.2, -0.15) is 0 Å². The molecule has 1 rings (SSSR count). The summed E-state index contributed by atoms with van der Waals surface area (Å²) in [6, 6.07) is -0.845. The van der Waals surface area contributed by atoms with Gasteiger partial charge in [0.1, 0.15) is 11.8 Å². The minimum atomic E-state index is -1.01. The third-order valence-electron chi connectivity index (χ3n) is 3.20. The number of oxazole rings is 1. The molecule has 0 saturated carbocycles. The van der Waals surface area contributed by atoms with E-state index in [9.17, 15) is 9.59 Å². The van der Waals surface area contributed by atoms with Crippen LogP contribution in [0.25, 0.3) is 0 Å². The van der Waals surface area contributed by atoms with E-state index >= 15 is 0 Å². The first-order valence-corrected chi connectivity index (χ1v) is 7.57. The predicted octanol–water partition coefficient (Wildman–Crippen LogP) is 2.52. The Hall–Kier alpha value is -1.85. The van der Waals surface area contributed by atoms with Gasteiger partial charge in [0.25, 0.3) is 0 Å². The maximum atomic E-state index is 11.9. The van der Waals surface area contributed by atoms with Crippen LogP contribution in [0.3, 0.4) is 0 Å². The molecule has 2 N–H and O–H groups in total. The molecule has 6 heteroatoms. The van der Waals surface area contributed by atoms with E-state index in [2.05, 4.69) is 10.3 Å². The summed E-state index contributed by atoms with van der Waals surface area (Å²) >= 11 is 0. The first-order valence-electron chi connectivity index (χ1n) is 7.57. The molecule has 0 spiro atoms. The maximum absolute atomic E-state index is 11.9. The Morgan fingerprint density at radius 3 is 2.45 bits per heavy atom. The summed E-state index contributed by atoms with van der Waals surface area (Å²) in [6.45, 7) is 9.90. The van der Waals surface area contributed by atoms with Crippen LogP contribution in [-0.2, 0) is 21.4 Å². The number of carboxylic acid groups (broad SMARTS) is 1. The van der Waals surface area contributed by atoms with E-state index in [1.807, 2.05) is 34.6 Å². The highest BCUT2D eigenvalue weighted by atomic mass is 16.4. The molecule has 1 amide bonds. The second-order valence-corrected chi connectivity index (χ2v) is 6.96. The molecule has 1 aromatic rings. The Kier molecular flexibility index (Phi) is 6.14. The second kappa shape index (κ2) is 7.42. The second-order valence-electron chi connectivity index (χ2n) is 6.96. The third-order valence-corrected chi connectivity index (χ3v) is 3.20. The van der Waals surface area contributed by atoms with Gasteiger partial charge in [0, 0.05) is 18.3 Å². The molecule has 0 aliphatic heterocycles. The van der Waals surface area contributed by atoms with Gasteiger partial charge in [-0.3, -0.25) is 4.79 Å². The maximum Gasteiger partial charge on any atom is 0.326 e. The summed E-state index contributed by atoms with van der Waals surface area (Å²) in [5, 5.41) is 11.7. The molecule has 0 aromatic carbocycles. The van der Waals surface area contributed by atoms with Crippen LogP contribution in [0, 0.1) is 5.92 Å². The minimum absolute atomic E-state index is 0.126. The number of nitrogens with one attached hydrogen (secondary N) is 1. The van der Waals surface area contributed by atoms with E-state index in [0.29, 0.717) is 18.7 Å². The number of carbonyl (C=O) groups excluding carboxylic acids is 1. The molecule has 22 heavy (non-hydrogen) atoms. The standard InChI is InChI=1S/C16H26N2O4/c1-10(2)8-11(15(20)21)18-13(19)6-7-14-17-9-12(22-14)16(3,4)5/h9-11H,6-8H2,1-5H3,(H,18,19)(H,20,21)/t11-/m1/s1. The van der Waals surface area contributed by atoms with Gasteiger partial charge in [-0.05, 0) is 12.3 Å². The first-order chi connectivity index (χ1) is 10.1. The highest BCUT2D eigenvalue weighted by Gasteiger charge is 2.22. The van der Waals surface area contributed by atoms with E-state index < -0.39 is 12.0 Å². The Morgan fingerprint density at radius 1 is 1.36 bits per heavy atom. The molecule has 0 fully saturated rings. The molecule has 1 aromatic heterocycles. The van der Waals surface area contributed by atoms with Crippen LogP contribution >= 0.6 is 0 Å². The normalized spacial score (nSPS) is 13.2. The van der Waals surface area contributed by atoms with Crippen LogP contribution in [0.1, 0.15) is 59.1 Å². The van der Waals surface area contributed by atoms with Crippen LogP contribution in [0.15, 0.2) is 10.6 Å². The van der Waals surface area contributed by atoms with Gasteiger partial charge in [-0.15, -0.1) is 0 Å². The highest BCUT2D eigenvalue weighted by Crippen LogP contribution is 2.22. The topological polar surface area (TPSA) is 92.4 Å². The molecular weight excluding hydrogens is 284 g/mol. The van der Waals surface area contributed by atoms with Gasteiger partial charge in [-0.25, -0.2) is 9.78 Å². The van der Waals surface area contributed by atoms with E-state index in [0.717, 1.165) is 5.76 Å². The summed E-state index contributed by atoms with van der Waals surface area (Å²) in [5.41, 5.74) is -0.126. The van der Waals surface area contributed by atoms with Gasteiger partial charge in [0.15, 0.2) is 5.89 Å². The largest absolute Gasteiger partial charge is 0.480 e. The first kappa shape index (κ1) is 18.2. The van der Waals surface area contributed by atoms with E-state index in [-0.39, 0.29) is 23.7 Å². The summed E-state index contributed by atoms with van der Waals surface area (Å²) in [4.78, 5) is 27.1. The van der Waals surface area contributed by atoms with Crippen molar-refractivity contribution in [3.63, 3.8) is 0 Å². The molecule has 0 saturated heterocycles. The highest BCUT2D eigenvalue weighted by molar-refractivity contribution is 5.83. The van der Waals surface area contributed by atoms with Crippen molar-refractivity contribution in [1.29, 1.82) is 0 Å². The summed E-state index contributed by atoms with van der Waals surface area (Å²) in [7, 11) is 0. The van der Waals surface area contributed by atoms with Crippen molar-refractivity contribution in [2.75, 3.05) is 0 Å². The zero-order chi connectivity index (χ0) is 16.9. The van der Waals surface area contributed by atoms with Crippen LogP contribution < -0.4 is 5.32 Å². The molecule has 124 valence electrons. The van der Waals surface area contributed by atoms with Gasteiger partial charge < -0.3 is 14.8 Å². The van der Waals surface area contributed by atoms with Crippen LogP contribution in [-0.4, -0.2) is 28.0 Å².